The summed E-state index contributed by atoms with van der Waals surface area (Å²) < 4.78 is 4.73. The summed E-state index contributed by atoms with van der Waals surface area (Å²) in [7, 11) is 0. The molecule has 7 aromatic carbocycles. The third-order valence-electron chi connectivity index (χ3n) is 11.9. The maximum atomic E-state index is 5.37. The van der Waals surface area contributed by atoms with E-state index in [2.05, 4.69) is 187 Å². The minimum atomic E-state index is -0.0510. The van der Waals surface area contributed by atoms with Gasteiger partial charge in [0.2, 0.25) is 0 Å². The second-order valence-corrected chi connectivity index (χ2v) is 15.3. The fourth-order valence-electron chi connectivity index (χ4n) is 9.27. The lowest BCUT2D eigenvalue weighted by Crippen LogP contribution is -2.14. The molecule has 4 nitrogen and oxygen atoms in total. The lowest BCUT2D eigenvalue weighted by molar-refractivity contribution is 0.661. The summed E-state index contributed by atoms with van der Waals surface area (Å²) in [6.45, 7) is 4.71. The van der Waals surface area contributed by atoms with Gasteiger partial charge in [-0.15, -0.1) is 0 Å². The Labute approximate surface area is 320 Å². The van der Waals surface area contributed by atoms with Crippen LogP contribution in [-0.4, -0.2) is 20.7 Å². The molecular formula is C51H38N4. The average Bonchev–Trinajstić information content (AvgIpc) is 3.82. The molecule has 0 saturated heterocycles. The normalized spacial score (nSPS) is 16.0. The van der Waals surface area contributed by atoms with Crippen LogP contribution in [0.25, 0.3) is 66.2 Å². The van der Waals surface area contributed by atoms with Gasteiger partial charge >= 0.3 is 0 Å². The summed E-state index contributed by atoms with van der Waals surface area (Å²) in [5.74, 6) is 1.62. The van der Waals surface area contributed by atoms with Crippen molar-refractivity contribution in [1.29, 1.82) is 0 Å². The third-order valence-corrected chi connectivity index (χ3v) is 11.9. The van der Waals surface area contributed by atoms with E-state index in [9.17, 15) is 0 Å². The van der Waals surface area contributed by atoms with E-state index in [1.807, 2.05) is 6.07 Å². The Morgan fingerprint density at radius 1 is 0.491 bits per heavy atom. The molecule has 3 heterocycles. The average molecular weight is 707 g/mol. The maximum absolute atomic E-state index is 5.37. The van der Waals surface area contributed by atoms with E-state index >= 15 is 0 Å². The molecule has 2 aliphatic rings. The van der Waals surface area contributed by atoms with Crippen LogP contribution in [0.4, 0.5) is 0 Å². The van der Waals surface area contributed by atoms with Gasteiger partial charge in [-0.2, -0.15) is 0 Å². The summed E-state index contributed by atoms with van der Waals surface area (Å²) in [6.07, 6.45) is 3.89. The fourth-order valence-corrected chi connectivity index (χ4v) is 9.27. The standard InChI is InChI=1S/C51H38N4/c1-51(2)40-21-10-6-19-38(40)48-41(51)31-32-46-49(48)39-20-9-13-25-45(39)54(46)35-29-27-33(28-30-35)42-22-14-26-47(53-50(52-42)34-15-4-3-5-16-34)55-43-23-11-7-17-36(43)37-18-8-12-24-44(37)55/h3-13,15-21,23-32H,14,22H2,1-2H3/b47-26+,52-42?,53-50?. The molecular weight excluding hydrogens is 669 g/mol. The van der Waals surface area contributed by atoms with Crippen LogP contribution in [0.1, 0.15) is 48.9 Å². The number of aromatic nitrogens is 2. The number of nitrogens with zero attached hydrogens (tertiary/aromatic N) is 4. The molecule has 262 valence electrons. The molecule has 0 radical (unpaired) electrons. The summed E-state index contributed by atoms with van der Waals surface area (Å²) in [6, 6.07) is 59.1. The first-order chi connectivity index (χ1) is 27.1. The minimum Gasteiger partial charge on any atom is -0.309 e. The van der Waals surface area contributed by atoms with E-state index < -0.39 is 0 Å². The zero-order valence-electron chi connectivity index (χ0n) is 30.9. The highest BCUT2D eigenvalue weighted by Gasteiger charge is 2.37. The number of fused-ring (bicyclic) bond motifs is 10. The first kappa shape index (κ1) is 31.7. The highest BCUT2D eigenvalue weighted by atomic mass is 15.1. The highest BCUT2D eigenvalue weighted by molar-refractivity contribution is 6.18. The highest BCUT2D eigenvalue weighted by Crippen LogP contribution is 2.53. The van der Waals surface area contributed by atoms with Crippen molar-refractivity contribution < 1.29 is 0 Å². The first-order valence-electron chi connectivity index (χ1n) is 19.2. The molecule has 0 spiro atoms. The molecule has 2 aromatic heterocycles. The predicted octanol–water partition coefficient (Wildman–Crippen LogP) is 12.7. The molecule has 1 aliphatic heterocycles. The van der Waals surface area contributed by atoms with Gasteiger partial charge in [-0.25, -0.2) is 9.98 Å². The van der Waals surface area contributed by atoms with Crippen LogP contribution in [0.3, 0.4) is 0 Å². The number of hydrogen-bond donors (Lipinski definition) is 0. The molecule has 0 bridgehead atoms. The van der Waals surface area contributed by atoms with Crippen molar-refractivity contribution in [3.63, 3.8) is 0 Å². The fraction of sp³-hybridized carbons (Fsp3) is 0.0980. The topological polar surface area (TPSA) is 34.6 Å². The Morgan fingerprint density at radius 3 is 1.84 bits per heavy atom. The molecule has 0 amide bonds. The molecule has 0 fully saturated rings. The van der Waals surface area contributed by atoms with Gasteiger partial charge in [-0.1, -0.05) is 141 Å². The smallest absolute Gasteiger partial charge is 0.161 e. The summed E-state index contributed by atoms with van der Waals surface area (Å²) in [4.78, 5) is 10.7. The second kappa shape index (κ2) is 12.1. The molecule has 9 aromatic rings. The molecule has 55 heavy (non-hydrogen) atoms. The Balaban J connectivity index is 1.04. The van der Waals surface area contributed by atoms with Crippen molar-refractivity contribution >= 4 is 61.0 Å². The van der Waals surface area contributed by atoms with E-state index in [0.29, 0.717) is 5.84 Å². The van der Waals surface area contributed by atoms with Crippen molar-refractivity contribution in [2.45, 2.75) is 32.1 Å². The molecule has 0 unspecified atom stereocenters. The van der Waals surface area contributed by atoms with Crippen LogP contribution < -0.4 is 0 Å². The quantitative estimate of drug-likeness (QED) is 0.175. The van der Waals surface area contributed by atoms with Gasteiger partial charge in [-0.3, -0.25) is 4.57 Å². The predicted molar refractivity (Wildman–Crippen MR) is 231 cm³/mol. The molecule has 0 saturated carbocycles. The van der Waals surface area contributed by atoms with Gasteiger partial charge in [0.05, 0.1) is 27.8 Å². The Morgan fingerprint density at radius 2 is 1.11 bits per heavy atom. The van der Waals surface area contributed by atoms with Crippen molar-refractivity contribution in [3.8, 4) is 16.8 Å². The first-order valence-corrected chi connectivity index (χ1v) is 19.2. The molecule has 11 rings (SSSR count). The number of allylic oxidation sites excluding steroid dienone is 1. The minimum absolute atomic E-state index is 0.0510. The van der Waals surface area contributed by atoms with Crippen molar-refractivity contribution in [1.82, 2.24) is 9.13 Å². The van der Waals surface area contributed by atoms with Crippen molar-refractivity contribution in [3.05, 3.63) is 192 Å². The van der Waals surface area contributed by atoms with Crippen molar-refractivity contribution in [2.24, 2.45) is 9.98 Å². The summed E-state index contributed by atoms with van der Waals surface area (Å²) >= 11 is 0. The molecule has 0 N–H and O–H groups in total. The SMILES string of the molecule is CC1(C)c2ccccc2-c2c1ccc1c2c2ccccc2n1-c1ccc(C2=NC(c3ccccc3)=N/C(n3c4ccccc4c4ccccc43)=C\CC2)cc1. The van der Waals surface area contributed by atoms with E-state index in [1.165, 1.54) is 54.8 Å². The van der Waals surface area contributed by atoms with Crippen molar-refractivity contribution in [2.75, 3.05) is 0 Å². The van der Waals surface area contributed by atoms with Gasteiger partial charge in [0.1, 0.15) is 5.82 Å². The van der Waals surface area contributed by atoms with E-state index in [4.69, 9.17) is 9.98 Å². The van der Waals surface area contributed by atoms with Crippen LogP contribution in [0.15, 0.2) is 180 Å². The molecule has 4 heteroatoms. The monoisotopic (exact) mass is 706 g/mol. The van der Waals surface area contributed by atoms with Crippen LogP contribution >= 0.6 is 0 Å². The number of para-hydroxylation sites is 3. The van der Waals surface area contributed by atoms with Gasteiger partial charge < -0.3 is 4.57 Å². The lowest BCUT2D eigenvalue weighted by atomic mass is 9.82. The van der Waals surface area contributed by atoms with Gasteiger partial charge in [-0.05, 0) is 83.1 Å². The van der Waals surface area contributed by atoms with Crippen LogP contribution in [0, 0.1) is 0 Å². The number of benzene rings is 7. The van der Waals surface area contributed by atoms with Crippen LogP contribution in [0.2, 0.25) is 0 Å². The van der Waals surface area contributed by atoms with Crippen LogP contribution in [0.5, 0.6) is 0 Å². The number of hydrogen-bond acceptors (Lipinski definition) is 2. The number of rotatable bonds is 4. The number of amidine groups is 1. The number of aliphatic imine (C=N–C) groups is 2. The van der Waals surface area contributed by atoms with Gasteiger partial charge in [0.15, 0.2) is 5.84 Å². The maximum Gasteiger partial charge on any atom is 0.161 e. The van der Waals surface area contributed by atoms with Crippen LogP contribution in [-0.2, 0) is 5.41 Å². The van der Waals surface area contributed by atoms with E-state index in [-0.39, 0.29) is 5.41 Å². The third kappa shape index (κ3) is 4.77. The Bertz CT molecular complexity index is 3040. The molecule has 1 aliphatic carbocycles. The second-order valence-electron chi connectivity index (χ2n) is 15.3. The lowest BCUT2D eigenvalue weighted by Gasteiger charge is -2.21. The zero-order chi connectivity index (χ0) is 36.7. The summed E-state index contributed by atoms with van der Waals surface area (Å²) in [5.41, 5.74) is 14.5. The van der Waals surface area contributed by atoms with Gasteiger partial charge in [0, 0.05) is 38.2 Å². The zero-order valence-corrected chi connectivity index (χ0v) is 30.9. The van der Waals surface area contributed by atoms with E-state index in [0.717, 1.165) is 52.2 Å². The Kier molecular flexibility index (Phi) is 6.99. The summed E-state index contributed by atoms with van der Waals surface area (Å²) in [5, 5.41) is 5.06. The van der Waals surface area contributed by atoms with Gasteiger partial charge in [0.25, 0.3) is 0 Å². The Hall–Kier alpha value is -6.78. The van der Waals surface area contributed by atoms with E-state index in [1.54, 1.807) is 0 Å². The largest absolute Gasteiger partial charge is 0.309 e. The molecule has 0 atom stereocenters.